The summed E-state index contributed by atoms with van der Waals surface area (Å²) in [5, 5.41) is 9.44. The van der Waals surface area contributed by atoms with Crippen LogP contribution < -0.4 is 4.90 Å². The molecule has 0 aliphatic carbocycles. The number of hydrogen-bond acceptors (Lipinski definition) is 8. The van der Waals surface area contributed by atoms with Gasteiger partial charge in [0.25, 0.3) is 0 Å². The molecule has 12 heteroatoms. The van der Waals surface area contributed by atoms with E-state index in [4.69, 9.17) is 4.74 Å². The zero-order valence-electron chi connectivity index (χ0n) is 25.0. The molecule has 42 heavy (non-hydrogen) atoms. The lowest BCUT2D eigenvalue weighted by molar-refractivity contribution is -0.135. The molecule has 3 aromatic rings. The highest BCUT2D eigenvalue weighted by molar-refractivity contribution is 7.89. The average molecular weight is 617 g/mol. The number of aromatic nitrogens is 2. The van der Waals surface area contributed by atoms with E-state index in [-0.39, 0.29) is 29.2 Å². The minimum absolute atomic E-state index is 0.0306. The summed E-state index contributed by atoms with van der Waals surface area (Å²) >= 11 is 1.59. The number of nitrogens with zero attached hydrogens (tertiary/aromatic N) is 4. The number of hydrogen-bond donors (Lipinski definition) is 1. The molecule has 0 aliphatic heterocycles. The Balaban J connectivity index is 1.97. The quantitative estimate of drug-likeness (QED) is 0.239. The van der Waals surface area contributed by atoms with Gasteiger partial charge in [0.05, 0.1) is 12.2 Å². The minimum atomic E-state index is -3.99. The van der Waals surface area contributed by atoms with Crippen molar-refractivity contribution in [2.75, 3.05) is 11.4 Å². The second kappa shape index (κ2) is 13.7. The van der Waals surface area contributed by atoms with Gasteiger partial charge in [-0.15, -0.1) is 11.3 Å². The fourth-order valence-corrected chi connectivity index (χ4v) is 6.78. The molecular weight excluding hydrogens is 576 g/mol. The van der Waals surface area contributed by atoms with Crippen LogP contribution in [0.2, 0.25) is 0 Å². The van der Waals surface area contributed by atoms with Crippen molar-refractivity contribution in [2.24, 2.45) is 0 Å². The number of sulfonamides is 1. The number of amides is 1. The first kappa shape index (κ1) is 33.2. The fraction of sp³-hybridized carbons (Fsp3) is 0.467. The Kier molecular flexibility index (Phi) is 10.9. The Bertz CT molecular complexity index is 1470. The summed E-state index contributed by atoms with van der Waals surface area (Å²) in [4.78, 5) is 35.9. The van der Waals surface area contributed by atoms with Gasteiger partial charge >= 0.3 is 12.1 Å². The van der Waals surface area contributed by atoms with Crippen molar-refractivity contribution in [1.29, 1.82) is 0 Å². The first-order valence-corrected chi connectivity index (χ1v) is 16.1. The normalized spacial score (nSPS) is 12.4. The summed E-state index contributed by atoms with van der Waals surface area (Å²) in [7, 11) is -3.99. The largest absolute Gasteiger partial charge is 0.480 e. The lowest BCUT2D eigenvalue weighted by Crippen LogP contribution is -2.40. The minimum Gasteiger partial charge on any atom is -0.480 e. The van der Waals surface area contributed by atoms with Gasteiger partial charge in [-0.1, -0.05) is 39.7 Å². The third-order valence-electron chi connectivity index (χ3n) is 6.40. The SMILES string of the molecule is CCCCC(C)(C)c1ccc(CN(Cc2cccc(N(CC(=O)O)C(=O)OC(C)(C)C)n2)S(=O)(=O)c2cccnc2)s1. The molecule has 0 saturated carbocycles. The summed E-state index contributed by atoms with van der Waals surface area (Å²) in [5.74, 6) is -1.21. The maximum absolute atomic E-state index is 13.8. The van der Waals surface area contributed by atoms with Crippen LogP contribution in [0.4, 0.5) is 10.6 Å². The summed E-state index contributed by atoms with van der Waals surface area (Å²) in [6, 6.07) is 11.8. The molecule has 0 bridgehead atoms. The van der Waals surface area contributed by atoms with Crippen LogP contribution in [-0.2, 0) is 38.1 Å². The van der Waals surface area contributed by atoms with E-state index in [0.717, 1.165) is 29.0 Å². The van der Waals surface area contributed by atoms with Gasteiger partial charge in [-0.3, -0.25) is 14.7 Å². The average Bonchev–Trinajstić information content (AvgIpc) is 3.39. The van der Waals surface area contributed by atoms with Crippen LogP contribution in [0.1, 0.15) is 76.3 Å². The van der Waals surface area contributed by atoms with Crippen molar-refractivity contribution < 1.29 is 27.9 Å². The number of carbonyl (C=O) groups is 2. The number of ether oxygens (including phenoxy) is 1. The van der Waals surface area contributed by atoms with Gasteiger partial charge in [0.1, 0.15) is 22.9 Å². The third kappa shape index (κ3) is 9.07. The van der Waals surface area contributed by atoms with Crippen molar-refractivity contribution >= 4 is 39.2 Å². The van der Waals surface area contributed by atoms with Gasteiger partial charge in [-0.2, -0.15) is 4.31 Å². The standard InChI is InChI=1S/C30H40N4O6S2/c1-7-8-16-30(5,6)25-15-14-23(41-25)20-33(42(38,39)24-12-10-17-31-18-24)19-22-11-9-13-26(32-22)34(21-27(35)36)28(37)40-29(2,3)4/h9-15,17-18H,7-8,16,19-21H2,1-6H3,(H,35,36). The van der Waals surface area contributed by atoms with Crippen LogP contribution in [0.5, 0.6) is 0 Å². The predicted molar refractivity (Wildman–Crippen MR) is 163 cm³/mol. The Morgan fingerprint density at radius 2 is 1.76 bits per heavy atom. The number of unbranched alkanes of at least 4 members (excludes halogenated alkanes) is 1. The van der Waals surface area contributed by atoms with E-state index in [1.165, 1.54) is 33.7 Å². The molecule has 3 rings (SSSR count). The Labute approximate surface area is 252 Å². The Morgan fingerprint density at radius 3 is 2.38 bits per heavy atom. The van der Waals surface area contributed by atoms with Gasteiger partial charge in [0.15, 0.2) is 0 Å². The van der Waals surface area contributed by atoms with Crippen LogP contribution >= 0.6 is 11.3 Å². The Hall–Kier alpha value is -3.35. The number of rotatable bonds is 13. The van der Waals surface area contributed by atoms with E-state index >= 15 is 0 Å². The van der Waals surface area contributed by atoms with Gasteiger partial charge in [-0.25, -0.2) is 18.2 Å². The topological polar surface area (TPSA) is 130 Å². The van der Waals surface area contributed by atoms with Crippen molar-refractivity contribution in [3.8, 4) is 0 Å². The van der Waals surface area contributed by atoms with Crippen molar-refractivity contribution in [3.63, 3.8) is 0 Å². The molecule has 0 radical (unpaired) electrons. The zero-order chi connectivity index (χ0) is 31.1. The number of carboxylic acids is 1. The number of anilines is 1. The molecule has 0 aliphatic rings. The van der Waals surface area contributed by atoms with Gasteiger partial charge in [0.2, 0.25) is 10.0 Å². The summed E-state index contributed by atoms with van der Waals surface area (Å²) < 4.78 is 34.3. The lowest BCUT2D eigenvalue weighted by Gasteiger charge is -2.26. The van der Waals surface area contributed by atoms with Crippen LogP contribution in [0.25, 0.3) is 0 Å². The maximum atomic E-state index is 13.8. The van der Waals surface area contributed by atoms with E-state index in [9.17, 15) is 23.1 Å². The highest BCUT2D eigenvalue weighted by atomic mass is 32.2. The highest BCUT2D eigenvalue weighted by Gasteiger charge is 2.30. The molecule has 0 fully saturated rings. The van der Waals surface area contributed by atoms with Gasteiger partial charge in [-0.05, 0) is 69.0 Å². The number of thiophene rings is 1. The molecule has 0 aromatic carbocycles. The molecular formula is C30H40N4O6S2. The number of aliphatic carboxylic acids is 1. The molecule has 0 saturated heterocycles. The molecule has 3 aromatic heterocycles. The van der Waals surface area contributed by atoms with Gasteiger partial charge < -0.3 is 9.84 Å². The van der Waals surface area contributed by atoms with Crippen molar-refractivity contribution in [1.82, 2.24) is 14.3 Å². The van der Waals surface area contributed by atoms with E-state index in [1.54, 1.807) is 50.3 Å². The third-order valence-corrected chi connectivity index (χ3v) is 9.61. The summed E-state index contributed by atoms with van der Waals surface area (Å²) in [6.45, 7) is 10.9. The summed E-state index contributed by atoms with van der Waals surface area (Å²) in [5.41, 5.74) is -0.555. The first-order valence-electron chi connectivity index (χ1n) is 13.8. The first-order chi connectivity index (χ1) is 19.6. The van der Waals surface area contributed by atoms with Crippen LogP contribution in [0, 0.1) is 0 Å². The molecule has 10 nitrogen and oxygen atoms in total. The van der Waals surface area contributed by atoms with E-state index in [0.29, 0.717) is 5.69 Å². The van der Waals surface area contributed by atoms with Crippen molar-refractivity contribution in [2.45, 2.75) is 89.8 Å². The monoisotopic (exact) mass is 616 g/mol. The van der Waals surface area contributed by atoms with E-state index in [2.05, 4.69) is 36.8 Å². The molecule has 0 unspecified atom stereocenters. The smallest absolute Gasteiger partial charge is 0.416 e. The molecule has 0 atom stereocenters. The van der Waals surface area contributed by atoms with Crippen LogP contribution in [0.15, 0.2) is 59.8 Å². The van der Waals surface area contributed by atoms with E-state index in [1.807, 2.05) is 6.07 Å². The Morgan fingerprint density at radius 1 is 1.02 bits per heavy atom. The summed E-state index contributed by atoms with van der Waals surface area (Å²) in [6.07, 6.45) is 5.17. The predicted octanol–water partition coefficient (Wildman–Crippen LogP) is 6.22. The molecule has 228 valence electrons. The van der Waals surface area contributed by atoms with Crippen LogP contribution in [0.3, 0.4) is 0 Å². The van der Waals surface area contributed by atoms with Gasteiger partial charge in [0, 0.05) is 28.7 Å². The lowest BCUT2D eigenvalue weighted by atomic mass is 9.86. The zero-order valence-corrected chi connectivity index (χ0v) is 26.7. The highest BCUT2D eigenvalue weighted by Crippen LogP contribution is 2.35. The molecule has 0 spiro atoms. The number of carboxylic acid groups (broad SMARTS) is 1. The van der Waals surface area contributed by atoms with Crippen LogP contribution in [-0.4, -0.2) is 52.0 Å². The molecule has 1 N–H and O–H groups in total. The maximum Gasteiger partial charge on any atom is 0.416 e. The van der Waals surface area contributed by atoms with Crippen molar-refractivity contribution in [3.05, 3.63) is 70.3 Å². The second-order valence-electron chi connectivity index (χ2n) is 11.7. The number of pyridine rings is 2. The molecule has 3 heterocycles. The number of carbonyl (C=O) groups excluding carboxylic acids is 1. The molecule has 1 amide bonds. The fourth-order valence-electron chi connectivity index (χ4n) is 4.19. The second-order valence-corrected chi connectivity index (χ2v) is 14.8. The van der Waals surface area contributed by atoms with E-state index < -0.39 is 34.2 Å².